The van der Waals surface area contributed by atoms with E-state index in [-0.39, 0.29) is 5.91 Å². The van der Waals surface area contributed by atoms with Crippen molar-refractivity contribution < 1.29 is 14.3 Å². The minimum atomic E-state index is -0.653. The predicted octanol–water partition coefficient (Wildman–Crippen LogP) is 4.95. The van der Waals surface area contributed by atoms with Crippen molar-refractivity contribution >= 4 is 5.91 Å². The smallest absolute Gasteiger partial charge is 0.253 e. The van der Waals surface area contributed by atoms with E-state index in [0.29, 0.717) is 18.4 Å². The van der Waals surface area contributed by atoms with E-state index in [1.165, 1.54) is 11.1 Å². The Bertz CT molecular complexity index is 742. The lowest BCUT2D eigenvalue weighted by Gasteiger charge is -2.22. The lowest BCUT2D eigenvalue weighted by Crippen LogP contribution is -2.27. The van der Waals surface area contributed by atoms with Gasteiger partial charge in [-0.05, 0) is 34.1 Å². The third kappa shape index (κ3) is 4.89. The number of likely N-dealkylation sites (N-methyl/N-ethyl adjacent to an activating group) is 1. The number of benzene rings is 2. The van der Waals surface area contributed by atoms with Crippen molar-refractivity contribution in [2.75, 3.05) is 14.2 Å². The molecule has 4 nitrogen and oxygen atoms in total. The number of para-hydroxylation sites is 1. The van der Waals surface area contributed by atoms with Gasteiger partial charge in [0.05, 0.1) is 0 Å². The second-order valence-electron chi connectivity index (χ2n) is 7.29. The number of carbonyl (C=O) groups is 1. The molecule has 0 radical (unpaired) electrons. The van der Waals surface area contributed by atoms with Crippen molar-refractivity contribution in [2.24, 2.45) is 0 Å². The van der Waals surface area contributed by atoms with Gasteiger partial charge in [0, 0.05) is 14.2 Å². The first-order chi connectivity index (χ1) is 12.9. The Labute approximate surface area is 162 Å². The van der Waals surface area contributed by atoms with Gasteiger partial charge >= 0.3 is 0 Å². The zero-order chi connectivity index (χ0) is 20.0. The van der Waals surface area contributed by atoms with E-state index < -0.39 is 6.10 Å². The molecule has 0 aromatic heterocycles. The first kappa shape index (κ1) is 21.0. The Morgan fingerprint density at radius 2 is 1.48 bits per heavy atom. The van der Waals surface area contributed by atoms with Crippen LogP contribution in [0, 0.1) is 0 Å². The zero-order valence-corrected chi connectivity index (χ0v) is 17.2. The molecule has 146 valence electrons. The van der Waals surface area contributed by atoms with E-state index in [1.54, 1.807) is 14.2 Å². The lowest BCUT2D eigenvalue weighted by atomic mass is 9.94. The van der Waals surface area contributed by atoms with Crippen LogP contribution in [-0.2, 0) is 16.1 Å². The summed E-state index contributed by atoms with van der Waals surface area (Å²) in [4.78, 5) is 12.2. The summed E-state index contributed by atoms with van der Waals surface area (Å²) in [6, 6.07) is 14.1. The van der Waals surface area contributed by atoms with Crippen LogP contribution in [0.1, 0.15) is 67.9 Å². The molecule has 2 rings (SSSR count). The topological polar surface area (TPSA) is 47.6 Å². The van der Waals surface area contributed by atoms with Crippen molar-refractivity contribution in [3.8, 4) is 5.75 Å². The molecule has 0 fully saturated rings. The highest BCUT2D eigenvalue weighted by atomic mass is 16.5. The fourth-order valence-corrected chi connectivity index (χ4v) is 3.23. The van der Waals surface area contributed by atoms with Crippen LogP contribution in [0.4, 0.5) is 0 Å². The number of amides is 1. The number of ether oxygens (including phenoxy) is 2. The van der Waals surface area contributed by atoms with E-state index in [1.807, 2.05) is 24.3 Å². The number of nitrogens with one attached hydrogen (secondary N) is 1. The first-order valence-corrected chi connectivity index (χ1v) is 9.48. The standard InChI is InChI=1S/C23H31NO3/c1-15(2)18-12-9-13-19(16(3)4)21(18)27-14-17-10-7-8-11-20(17)22(26-6)23(25)24-5/h7-13,15-16,22H,14H2,1-6H3,(H,24,25). The summed E-state index contributed by atoms with van der Waals surface area (Å²) in [6.07, 6.45) is -0.653. The van der Waals surface area contributed by atoms with Gasteiger partial charge in [-0.15, -0.1) is 0 Å². The minimum absolute atomic E-state index is 0.171. The number of rotatable bonds is 8. The Morgan fingerprint density at radius 1 is 0.926 bits per heavy atom. The summed E-state index contributed by atoms with van der Waals surface area (Å²) in [6.45, 7) is 9.08. The Hall–Kier alpha value is -2.33. The quantitative estimate of drug-likeness (QED) is 0.716. The van der Waals surface area contributed by atoms with E-state index in [0.717, 1.165) is 16.9 Å². The number of methoxy groups -OCH3 is 1. The number of carbonyl (C=O) groups excluding carboxylic acids is 1. The molecule has 1 unspecified atom stereocenters. The van der Waals surface area contributed by atoms with Gasteiger partial charge in [0.15, 0.2) is 6.10 Å². The molecule has 1 amide bonds. The van der Waals surface area contributed by atoms with E-state index in [4.69, 9.17) is 9.47 Å². The molecule has 0 bridgehead atoms. The van der Waals surface area contributed by atoms with Gasteiger partial charge in [-0.3, -0.25) is 4.79 Å². The first-order valence-electron chi connectivity index (χ1n) is 9.48. The molecule has 1 atom stereocenters. The SMILES string of the molecule is CNC(=O)C(OC)c1ccccc1COc1c(C(C)C)cccc1C(C)C. The van der Waals surface area contributed by atoms with E-state index >= 15 is 0 Å². The molecular weight excluding hydrogens is 338 g/mol. The summed E-state index contributed by atoms with van der Waals surface area (Å²) in [5, 5.41) is 2.66. The highest BCUT2D eigenvalue weighted by molar-refractivity contribution is 5.82. The van der Waals surface area contributed by atoms with E-state index in [9.17, 15) is 4.79 Å². The highest BCUT2D eigenvalue weighted by Gasteiger charge is 2.22. The molecule has 2 aromatic carbocycles. The molecule has 2 aromatic rings. The molecule has 27 heavy (non-hydrogen) atoms. The average molecular weight is 370 g/mol. The van der Waals surface area contributed by atoms with Crippen molar-refractivity contribution in [1.82, 2.24) is 5.32 Å². The number of hydrogen-bond donors (Lipinski definition) is 1. The van der Waals surface area contributed by atoms with Crippen LogP contribution in [0.2, 0.25) is 0 Å². The zero-order valence-electron chi connectivity index (χ0n) is 17.2. The van der Waals surface area contributed by atoms with Crippen LogP contribution in [0.25, 0.3) is 0 Å². The third-order valence-electron chi connectivity index (χ3n) is 4.75. The molecule has 0 spiro atoms. The van der Waals surface area contributed by atoms with Crippen molar-refractivity contribution in [3.05, 3.63) is 64.7 Å². The largest absolute Gasteiger partial charge is 0.488 e. The summed E-state index contributed by atoms with van der Waals surface area (Å²) < 4.78 is 11.8. The maximum Gasteiger partial charge on any atom is 0.253 e. The minimum Gasteiger partial charge on any atom is -0.488 e. The Balaban J connectivity index is 2.37. The van der Waals surface area contributed by atoms with Gasteiger partial charge in [0.2, 0.25) is 0 Å². The van der Waals surface area contributed by atoms with Gasteiger partial charge in [0.25, 0.3) is 5.91 Å². The molecule has 0 aliphatic heterocycles. The molecule has 0 heterocycles. The average Bonchev–Trinajstić information content (AvgIpc) is 2.67. The molecule has 0 aliphatic rings. The van der Waals surface area contributed by atoms with Gasteiger partial charge < -0.3 is 14.8 Å². The van der Waals surface area contributed by atoms with Crippen LogP contribution >= 0.6 is 0 Å². The van der Waals surface area contributed by atoms with Crippen LogP contribution in [-0.4, -0.2) is 20.1 Å². The van der Waals surface area contributed by atoms with Gasteiger partial charge in [-0.1, -0.05) is 70.2 Å². The van der Waals surface area contributed by atoms with Crippen LogP contribution in [0.3, 0.4) is 0 Å². The molecule has 0 saturated carbocycles. The van der Waals surface area contributed by atoms with Crippen LogP contribution in [0.5, 0.6) is 5.75 Å². The fraction of sp³-hybridized carbons (Fsp3) is 0.435. The Kier molecular flexibility index (Phi) is 7.43. The molecule has 4 heteroatoms. The van der Waals surface area contributed by atoms with Crippen molar-refractivity contribution in [3.63, 3.8) is 0 Å². The summed E-state index contributed by atoms with van der Waals surface area (Å²) in [5.41, 5.74) is 4.18. The number of hydrogen-bond acceptors (Lipinski definition) is 3. The predicted molar refractivity (Wildman–Crippen MR) is 109 cm³/mol. The Morgan fingerprint density at radius 3 is 2.00 bits per heavy atom. The summed E-state index contributed by atoms with van der Waals surface area (Å²) >= 11 is 0. The second kappa shape index (κ2) is 9.56. The van der Waals surface area contributed by atoms with Gasteiger partial charge in [-0.2, -0.15) is 0 Å². The molecular formula is C23H31NO3. The third-order valence-corrected chi connectivity index (χ3v) is 4.75. The molecule has 1 N–H and O–H groups in total. The highest BCUT2D eigenvalue weighted by Crippen LogP contribution is 2.35. The fourth-order valence-electron chi connectivity index (χ4n) is 3.23. The summed E-state index contributed by atoms with van der Waals surface area (Å²) in [5.74, 6) is 1.51. The van der Waals surface area contributed by atoms with E-state index in [2.05, 4.69) is 51.2 Å². The summed E-state index contributed by atoms with van der Waals surface area (Å²) in [7, 11) is 3.16. The van der Waals surface area contributed by atoms with Gasteiger partial charge in [0.1, 0.15) is 12.4 Å². The lowest BCUT2D eigenvalue weighted by molar-refractivity contribution is -0.130. The van der Waals surface area contributed by atoms with Crippen LogP contribution < -0.4 is 10.1 Å². The monoisotopic (exact) mass is 369 g/mol. The maximum atomic E-state index is 12.2. The van der Waals surface area contributed by atoms with Crippen molar-refractivity contribution in [2.45, 2.75) is 52.2 Å². The molecule has 0 aliphatic carbocycles. The maximum absolute atomic E-state index is 12.2. The molecule has 0 saturated heterocycles. The normalized spacial score (nSPS) is 12.3. The second-order valence-corrected chi connectivity index (χ2v) is 7.29. The van der Waals surface area contributed by atoms with Gasteiger partial charge in [-0.25, -0.2) is 0 Å². The van der Waals surface area contributed by atoms with Crippen LogP contribution in [0.15, 0.2) is 42.5 Å². The van der Waals surface area contributed by atoms with Crippen molar-refractivity contribution in [1.29, 1.82) is 0 Å².